The third-order valence-corrected chi connectivity index (χ3v) is 9.10. The summed E-state index contributed by atoms with van der Waals surface area (Å²) < 4.78 is 21.8. The fourth-order valence-electron chi connectivity index (χ4n) is 5.33. The van der Waals surface area contributed by atoms with Crippen LogP contribution in [0.4, 0.5) is 4.39 Å². The van der Waals surface area contributed by atoms with Gasteiger partial charge in [0.25, 0.3) is 0 Å². The quantitative estimate of drug-likeness (QED) is 0.193. The summed E-state index contributed by atoms with van der Waals surface area (Å²) in [6, 6.07) is 12.6. The minimum atomic E-state index is -0.483. The first-order chi connectivity index (χ1) is 20.4. The number of nitrogens with zero attached hydrogens (tertiary/aromatic N) is 4. The SMILES string of the molecule is CC(=O)CCN1CCN(Cc2ccc(-c3cc4nccc(Oc5ccc(CC(=O)CC6CC6)cc5F)c4s3)nc2)CC1. The van der Waals surface area contributed by atoms with Gasteiger partial charge in [0, 0.05) is 77.0 Å². The molecule has 7 nitrogen and oxygen atoms in total. The van der Waals surface area contributed by atoms with Crippen molar-refractivity contribution in [2.24, 2.45) is 5.92 Å². The molecule has 2 aliphatic rings. The summed E-state index contributed by atoms with van der Waals surface area (Å²) in [5.41, 5.74) is 3.45. The highest BCUT2D eigenvalue weighted by Gasteiger charge is 2.24. The van der Waals surface area contributed by atoms with Crippen LogP contribution in [-0.4, -0.2) is 64.1 Å². The third-order valence-electron chi connectivity index (χ3n) is 7.93. The van der Waals surface area contributed by atoms with Gasteiger partial charge in [0.2, 0.25) is 0 Å². The minimum Gasteiger partial charge on any atom is -0.453 e. The summed E-state index contributed by atoms with van der Waals surface area (Å²) in [5, 5.41) is 0. The molecular weight excluding hydrogens is 551 g/mol. The number of pyridine rings is 2. The minimum absolute atomic E-state index is 0.123. The number of carbonyl (C=O) groups is 2. The maximum atomic E-state index is 14.9. The molecular formula is C33H35FN4O3S. The molecule has 0 spiro atoms. The van der Waals surface area contributed by atoms with Gasteiger partial charge in [0.1, 0.15) is 17.3 Å². The first kappa shape index (κ1) is 28.6. The van der Waals surface area contributed by atoms with Gasteiger partial charge in [-0.15, -0.1) is 11.3 Å². The largest absolute Gasteiger partial charge is 0.453 e. The van der Waals surface area contributed by atoms with E-state index in [4.69, 9.17) is 9.72 Å². The number of hydrogen-bond acceptors (Lipinski definition) is 8. The number of aromatic nitrogens is 2. The lowest BCUT2D eigenvalue weighted by molar-refractivity contribution is -0.119. The van der Waals surface area contributed by atoms with E-state index in [9.17, 15) is 14.0 Å². The maximum Gasteiger partial charge on any atom is 0.166 e. The Morgan fingerprint density at radius 2 is 1.76 bits per heavy atom. The summed E-state index contributed by atoms with van der Waals surface area (Å²) in [7, 11) is 0. The van der Waals surface area contributed by atoms with E-state index in [1.54, 1.807) is 31.3 Å². The van der Waals surface area contributed by atoms with E-state index < -0.39 is 5.82 Å². The molecule has 1 aliphatic carbocycles. The molecule has 0 bridgehead atoms. The topological polar surface area (TPSA) is 75.6 Å². The van der Waals surface area contributed by atoms with Crippen molar-refractivity contribution >= 4 is 33.1 Å². The van der Waals surface area contributed by atoms with Crippen LogP contribution in [-0.2, 0) is 22.6 Å². The predicted octanol–water partition coefficient (Wildman–Crippen LogP) is 6.30. The van der Waals surface area contributed by atoms with E-state index >= 15 is 0 Å². The summed E-state index contributed by atoms with van der Waals surface area (Å²) >= 11 is 1.52. The number of carbonyl (C=O) groups excluding carboxylic acids is 2. The van der Waals surface area contributed by atoms with Gasteiger partial charge in [0.05, 0.1) is 20.8 Å². The number of halogens is 1. The van der Waals surface area contributed by atoms with Crippen molar-refractivity contribution in [3.63, 3.8) is 0 Å². The third kappa shape index (κ3) is 7.27. The van der Waals surface area contributed by atoms with Crippen LogP contribution < -0.4 is 4.74 Å². The zero-order chi connectivity index (χ0) is 29.1. The smallest absolute Gasteiger partial charge is 0.166 e. The summed E-state index contributed by atoms with van der Waals surface area (Å²) in [6.07, 6.45) is 7.32. The fourth-order valence-corrected chi connectivity index (χ4v) is 6.37. The molecule has 1 saturated heterocycles. The second-order valence-corrected chi connectivity index (χ2v) is 12.5. The lowest BCUT2D eigenvalue weighted by atomic mass is 10.0. The number of ether oxygens (including phenoxy) is 1. The van der Waals surface area contributed by atoms with Crippen LogP contribution in [0.5, 0.6) is 11.5 Å². The van der Waals surface area contributed by atoms with Gasteiger partial charge in [-0.25, -0.2) is 4.39 Å². The number of benzene rings is 1. The molecule has 4 heterocycles. The average molecular weight is 587 g/mol. The number of rotatable bonds is 12. The van der Waals surface area contributed by atoms with Gasteiger partial charge in [0.15, 0.2) is 11.6 Å². The van der Waals surface area contributed by atoms with Crippen molar-refractivity contribution in [1.29, 1.82) is 0 Å². The van der Waals surface area contributed by atoms with Gasteiger partial charge in [-0.1, -0.05) is 12.1 Å². The Morgan fingerprint density at radius 1 is 0.976 bits per heavy atom. The molecule has 4 aromatic rings. The van der Waals surface area contributed by atoms with Crippen LogP contribution in [0.15, 0.2) is 54.9 Å². The van der Waals surface area contributed by atoms with Crippen molar-refractivity contribution in [3.05, 3.63) is 71.8 Å². The normalized spacial score (nSPS) is 16.1. The van der Waals surface area contributed by atoms with Crippen LogP contribution in [0.2, 0.25) is 0 Å². The van der Waals surface area contributed by atoms with Crippen molar-refractivity contribution in [2.75, 3.05) is 32.7 Å². The Balaban J connectivity index is 1.09. The van der Waals surface area contributed by atoms with Crippen LogP contribution in [0.25, 0.3) is 20.8 Å². The number of hydrogen-bond donors (Lipinski definition) is 0. The van der Waals surface area contributed by atoms with Crippen LogP contribution in [0.1, 0.15) is 43.7 Å². The Morgan fingerprint density at radius 3 is 2.48 bits per heavy atom. The van der Waals surface area contributed by atoms with Crippen molar-refractivity contribution in [1.82, 2.24) is 19.8 Å². The van der Waals surface area contributed by atoms with Gasteiger partial charge in [-0.05, 0) is 61.1 Å². The maximum absolute atomic E-state index is 14.9. The number of fused-ring (bicyclic) bond motifs is 1. The molecule has 218 valence electrons. The monoisotopic (exact) mass is 586 g/mol. The van der Waals surface area contributed by atoms with E-state index in [1.807, 2.05) is 18.3 Å². The molecule has 1 aliphatic heterocycles. The molecule has 3 aromatic heterocycles. The molecule has 6 rings (SSSR count). The summed E-state index contributed by atoms with van der Waals surface area (Å²) in [4.78, 5) is 38.4. The predicted molar refractivity (Wildman–Crippen MR) is 162 cm³/mol. The van der Waals surface area contributed by atoms with Gasteiger partial charge in [-0.3, -0.25) is 24.5 Å². The lowest BCUT2D eigenvalue weighted by Gasteiger charge is -2.34. The highest BCUT2D eigenvalue weighted by Crippen LogP contribution is 2.39. The molecule has 0 radical (unpaired) electrons. The first-order valence-electron chi connectivity index (χ1n) is 14.7. The highest BCUT2D eigenvalue weighted by atomic mass is 32.1. The van der Waals surface area contributed by atoms with E-state index in [2.05, 4.69) is 20.9 Å². The van der Waals surface area contributed by atoms with Crippen molar-refractivity contribution < 1.29 is 18.7 Å². The highest BCUT2D eigenvalue weighted by molar-refractivity contribution is 7.22. The van der Waals surface area contributed by atoms with Crippen LogP contribution >= 0.6 is 11.3 Å². The molecule has 0 atom stereocenters. The Kier molecular flexibility index (Phi) is 8.69. The van der Waals surface area contributed by atoms with E-state index in [-0.39, 0.29) is 23.7 Å². The summed E-state index contributed by atoms with van der Waals surface area (Å²) in [5.74, 6) is 1.11. The van der Waals surface area contributed by atoms with Crippen molar-refractivity contribution in [2.45, 2.75) is 45.6 Å². The molecule has 42 heavy (non-hydrogen) atoms. The lowest BCUT2D eigenvalue weighted by Crippen LogP contribution is -2.46. The van der Waals surface area contributed by atoms with E-state index in [0.717, 1.165) is 78.5 Å². The molecule has 1 saturated carbocycles. The number of ketones is 2. The first-order valence-corrected chi connectivity index (χ1v) is 15.5. The van der Waals surface area contributed by atoms with Gasteiger partial charge >= 0.3 is 0 Å². The molecule has 2 fully saturated rings. The second kappa shape index (κ2) is 12.8. The second-order valence-electron chi connectivity index (χ2n) is 11.5. The number of Topliss-reactive ketones (excluding diaryl/α,β-unsaturated/α-hetero) is 2. The van der Waals surface area contributed by atoms with Crippen LogP contribution in [0, 0.1) is 11.7 Å². The van der Waals surface area contributed by atoms with Gasteiger partial charge < -0.3 is 9.64 Å². The standard InChI is InChI=1S/C33H35FN4O3S/c1-22(39)9-11-37-12-14-38(15-13-37)21-25-4-6-28(36-20-25)32-19-29-33(42-32)31(8-10-35-29)41-30-7-5-24(18-27(30)34)17-26(40)16-23-2-3-23/h4-8,10,18-20,23H,2-3,9,11-17,21H2,1H3. The zero-order valence-corrected chi connectivity index (χ0v) is 24.7. The fraction of sp³-hybridized carbons (Fsp3) is 0.394. The Labute approximate surface area is 249 Å². The zero-order valence-electron chi connectivity index (χ0n) is 23.9. The Hall–Kier alpha value is -3.53. The molecule has 9 heteroatoms. The van der Waals surface area contributed by atoms with Crippen molar-refractivity contribution in [3.8, 4) is 22.1 Å². The van der Waals surface area contributed by atoms with E-state index in [1.165, 1.54) is 17.4 Å². The Bertz CT molecular complexity index is 1580. The molecule has 0 N–H and O–H groups in total. The van der Waals surface area contributed by atoms with E-state index in [0.29, 0.717) is 30.1 Å². The molecule has 1 aromatic carbocycles. The average Bonchev–Trinajstić information content (AvgIpc) is 3.68. The number of piperazine rings is 1. The molecule has 0 amide bonds. The van der Waals surface area contributed by atoms with Crippen LogP contribution in [0.3, 0.4) is 0 Å². The van der Waals surface area contributed by atoms with Gasteiger partial charge in [-0.2, -0.15) is 0 Å². The number of thiophene rings is 1. The molecule has 0 unspecified atom stereocenters. The summed E-state index contributed by atoms with van der Waals surface area (Å²) in [6.45, 7) is 7.26.